The zero-order chi connectivity index (χ0) is 13.0. The number of nitrogens with zero attached hydrogens (tertiary/aromatic N) is 1. The predicted octanol–water partition coefficient (Wildman–Crippen LogP) is 3.31. The van der Waals surface area contributed by atoms with E-state index in [1.165, 1.54) is 5.56 Å². The Labute approximate surface area is 115 Å². The van der Waals surface area contributed by atoms with Crippen molar-refractivity contribution in [3.05, 3.63) is 58.9 Å². The van der Waals surface area contributed by atoms with Crippen LogP contribution in [0.15, 0.2) is 47.5 Å². The highest BCUT2D eigenvalue weighted by Gasteiger charge is 2.06. The number of amidine groups is 1. The van der Waals surface area contributed by atoms with Crippen LogP contribution >= 0.6 is 23.4 Å². The summed E-state index contributed by atoms with van der Waals surface area (Å²) in [5, 5.41) is 8.20. The van der Waals surface area contributed by atoms with Gasteiger partial charge in [0.05, 0.1) is 0 Å². The van der Waals surface area contributed by atoms with Crippen molar-refractivity contribution < 1.29 is 0 Å². The predicted molar refractivity (Wildman–Crippen MR) is 76.3 cm³/mol. The average molecular weight is 278 g/mol. The summed E-state index contributed by atoms with van der Waals surface area (Å²) < 4.78 is 0. The lowest BCUT2D eigenvalue weighted by molar-refractivity contribution is 1.17. The van der Waals surface area contributed by atoms with Crippen LogP contribution < -0.4 is 5.73 Å². The Balaban J connectivity index is 2.10. The van der Waals surface area contributed by atoms with Crippen molar-refractivity contribution in [1.29, 1.82) is 5.41 Å². The Morgan fingerprint density at radius 1 is 1.28 bits per heavy atom. The van der Waals surface area contributed by atoms with Gasteiger partial charge < -0.3 is 5.73 Å². The van der Waals surface area contributed by atoms with Gasteiger partial charge in [-0.15, -0.1) is 11.8 Å². The molecule has 0 aliphatic carbocycles. The topological polar surface area (TPSA) is 62.8 Å². The molecule has 1 heterocycles. The minimum atomic E-state index is -0.00536. The van der Waals surface area contributed by atoms with Gasteiger partial charge >= 0.3 is 0 Å². The highest BCUT2D eigenvalue weighted by molar-refractivity contribution is 7.98. The standard InChI is InChI=1S/C13H12ClN3S/c14-10-5-3-9(4-6-10)8-18-11-2-1-7-17-12(11)13(15)16/h1-7H,8H2,(H3,15,16). The van der Waals surface area contributed by atoms with Gasteiger partial charge in [-0.3, -0.25) is 10.4 Å². The normalized spacial score (nSPS) is 10.3. The van der Waals surface area contributed by atoms with Gasteiger partial charge in [-0.2, -0.15) is 0 Å². The number of halogens is 1. The van der Waals surface area contributed by atoms with Crippen molar-refractivity contribution in [3.63, 3.8) is 0 Å². The number of hydrogen-bond donors (Lipinski definition) is 2. The van der Waals surface area contributed by atoms with Crippen molar-refractivity contribution in [2.75, 3.05) is 0 Å². The van der Waals surface area contributed by atoms with Crippen molar-refractivity contribution in [2.24, 2.45) is 5.73 Å². The zero-order valence-corrected chi connectivity index (χ0v) is 11.1. The molecule has 0 aliphatic rings. The van der Waals surface area contributed by atoms with Crippen molar-refractivity contribution >= 4 is 29.2 Å². The van der Waals surface area contributed by atoms with Crippen molar-refractivity contribution in [2.45, 2.75) is 10.6 Å². The number of benzene rings is 1. The first-order valence-electron chi connectivity index (χ1n) is 5.33. The molecule has 92 valence electrons. The van der Waals surface area contributed by atoms with Gasteiger partial charge in [0, 0.05) is 21.9 Å². The molecule has 0 amide bonds. The zero-order valence-electron chi connectivity index (χ0n) is 9.56. The van der Waals surface area contributed by atoms with Crippen LogP contribution in [0.25, 0.3) is 0 Å². The van der Waals surface area contributed by atoms with Gasteiger partial charge in [0.2, 0.25) is 0 Å². The first kappa shape index (κ1) is 12.9. The fourth-order valence-corrected chi connectivity index (χ4v) is 2.57. The first-order chi connectivity index (χ1) is 8.66. The highest BCUT2D eigenvalue weighted by Crippen LogP contribution is 2.25. The summed E-state index contributed by atoms with van der Waals surface area (Å²) >= 11 is 7.44. The van der Waals surface area contributed by atoms with Crippen LogP contribution in [0.1, 0.15) is 11.3 Å². The molecule has 1 aromatic heterocycles. The molecule has 3 nitrogen and oxygen atoms in total. The van der Waals surface area contributed by atoms with Gasteiger partial charge in [-0.1, -0.05) is 23.7 Å². The van der Waals surface area contributed by atoms with E-state index in [-0.39, 0.29) is 5.84 Å². The molecule has 0 unspecified atom stereocenters. The van der Waals surface area contributed by atoms with Gasteiger partial charge in [-0.05, 0) is 29.8 Å². The van der Waals surface area contributed by atoms with Gasteiger partial charge in [-0.25, -0.2) is 0 Å². The van der Waals surface area contributed by atoms with Crippen LogP contribution in [-0.2, 0) is 5.75 Å². The van der Waals surface area contributed by atoms with Crippen LogP contribution in [0.3, 0.4) is 0 Å². The molecule has 0 radical (unpaired) electrons. The van der Waals surface area contributed by atoms with E-state index >= 15 is 0 Å². The summed E-state index contributed by atoms with van der Waals surface area (Å²) in [6.45, 7) is 0. The van der Waals surface area contributed by atoms with E-state index in [4.69, 9.17) is 22.7 Å². The minimum absolute atomic E-state index is 0.00536. The van der Waals surface area contributed by atoms with E-state index in [1.807, 2.05) is 36.4 Å². The van der Waals surface area contributed by atoms with E-state index in [0.29, 0.717) is 5.69 Å². The Hall–Kier alpha value is -1.52. The van der Waals surface area contributed by atoms with E-state index in [9.17, 15) is 0 Å². The number of nitrogen functional groups attached to an aromatic ring is 1. The van der Waals surface area contributed by atoms with E-state index in [2.05, 4.69) is 4.98 Å². The first-order valence-corrected chi connectivity index (χ1v) is 6.70. The lowest BCUT2D eigenvalue weighted by Gasteiger charge is -2.06. The molecule has 0 atom stereocenters. The second-order valence-corrected chi connectivity index (χ2v) is 5.13. The third kappa shape index (κ3) is 3.24. The number of hydrogen-bond acceptors (Lipinski definition) is 3. The summed E-state index contributed by atoms with van der Waals surface area (Å²) in [6, 6.07) is 11.5. The van der Waals surface area contributed by atoms with Gasteiger partial charge in [0.15, 0.2) is 0 Å². The van der Waals surface area contributed by atoms with E-state index < -0.39 is 0 Å². The number of nitrogens with one attached hydrogen (secondary N) is 1. The van der Waals surface area contributed by atoms with Gasteiger partial charge in [0.25, 0.3) is 0 Å². The molecule has 0 saturated heterocycles. The molecule has 3 N–H and O–H groups in total. The fourth-order valence-electron chi connectivity index (χ4n) is 1.45. The Kier molecular flexibility index (Phi) is 4.23. The summed E-state index contributed by atoms with van der Waals surface area (Å²) in [4.78, 5) is 5.03. The Morgan fingerprint density at radius 2 is 2.00 bits per heavy atom. The van der Waals surface area contributed by atoms with Crippen molar-refractivity contribution in [1.82, 2.24) is 4.98 Å². The summed E-state index contributed by atoms with van der Waals surface area (Å²) in [7, 11) is 0. The summed E-state index contributed by atoms with van der Waals surface area (Å²) in [6.07, 6.45) is 1.64. The maximum Gasteiger partial charge on any atom is 0.142 e. The quantitative estimate of drug-likeness (QED) is 0.512. The molecule has 0 bridgehead atoms. The van der Waals surface area contributed by atoms with E-state index in [0.717, 1.165) is 15.7 Å². The summed E-state index contributed by atoms with van der Waals surface area (Å²) in [5.41, 5.74) is 7.20. The minimum Gasteiger partial charge on any atom is -0.382 e. The molecular formula is C13H12ClN3S. The SMILES string of the molecule is N=C(N)c1ncccc1SCc1ccc(Cl)cc1. The average Bonchev–Trinajstić information content (AvgIpc) is 2.38. The molecule has 18 heavy (non-hydrogen) atoms. The smallest absolute Gasteiger partial charge is 0.142 e. The molecular weight excluding hydrogens is 266 g/mol. The molecule has 0 fully saturated rings. The third-order valence-corrected chi connectivity index (χ3v) is 3.70. The molecule has 5 heteroatoms. The number of pyridine rings is 1. The number of thioether (sulfide) groups is 1. The maximum atomic E-state index is 7.47. The number of aromatic nitrogens is 1. The molecule has 2 rings (SSSR count). The third-order valence-electron chi connectivity index (χ3n) is 2.33. The van der Waals surface area contributed by atoms with E-state index in [1.54, 1.807) is 18.0 Å². The monoisotopic (exact) mass is 277 g/mol. The van der Waals surface area contributed by atoms with Crippen LogP contribution in [0.4, 0.5) is 0 Å². The second-order valence-electron chi connectivity index (χ2n) is 3.68. The Morgan fingerprint density at radius 3 is 2.67 bits per heavy atom. The van der Waals surface area contributed by atoms with Crippen molar-refractivity contribution in [3.8, 4) is 0 Å². The number of nitrogens with two attached hydrogens (primary N) is 1. The van der Waals surface area contributed by atoms with Crippen LogP contribution in [0.5, 0.6) is 0 Å². The lowest BCUT2D eigenvalue weighted by atomic mass is 10.2. The van der Waals surface area contributed by atoms with Crippen LogP contribution in [-0.4, -0.2) is 10.8 Å². The molecule has 1 aromatic carbocycles. The lowest BCUT2D eigenvalue weighted by Crippen LogP contribution is -2.14. The molecule has 0 spiro atoms. The van der Waals surface area contributed by atoms with Gasteiger partial charge in [0.1, 0.15) is 11.5 Å². The second kappa shape index (κ2) is 5.89. The largest absolute Gasteiger partial charge is 0.382 e. The molecule has 0 aliphatic heterocycles. The fraction of sp³-hybridized carbons (Fsp3) is 0.0769. The van der Waals surface area contributed by atoms with Crippen LogP contribution in [0, 0.1) is 5.41 Å². The highest BCUT2D eigenvalue weighted by atomic mass is 35.5. The molecule has 0 saturated carbocycles. The summed E-state index contributed by atoms with van der Waals surface area (Å²) in [5.74, 6) is 0.789. The maximum absolute atomic E-state index is 7.47. The Bertz CT molecular complexity index is 554. The molecule has 2 aromatic rings. The number of rotatable bonds is 4. The van der Waals surface area contributed by atoms with Crippen LogP contribution in [0.2, 0.25) is 5.02 Å².